The van der Waals surface area contributed by atoms with Crippen LogP contribution >= 0.6 is 11.3 Å². The van der Waals surface area contributed by atoms with Crippen molar-refractivity contribution >= 4 is 33.3 Å². The van der Waals surface area contributed by atoms with E-state index in [1.165, 1.54) is 12.1 Å². The molecule has 1 fully saturated rings. The van der Waals surface area contributed by atoms with E-state index in [4.69, 9.17) is 9.47 Å². The summed E-state index contributed by atoms with van der Waals surface area (Å²) in [4.78, 5) is 26.0. The highest BCUT2D eigenvalue weighted by Gasteiger charge is 2.23. The molecule has 0 aliphatic carbocycles. The van der Waals surface area contributed by atoms with E-state index in [2.05, 4.69) is 0 Å². The zero-order valence-corrected chi connectivity index (χ0v) is 13.4. The van der Waals surface area contributed by atoms with Gasteiger partial charge in [-0.25, -0.2) is 9.18 Å². The van der Waals surface area contributed by atoms with Crippen LogP contribution in [0.5, 0.6) is 0 Å². The van der Waals surface area contributed by atoms with Crippen molar-refractivity contribution in [2.24, 2.45) is 0 Å². The average Bonchev–Trinajstić information content (AvgIpc) is 2.98. The van der Waals surface area contributed by atoms with E-state index in [0.29, 0.717) is 29.8 Å². The highest BCUT2D eigenvalue weighted by molar-refractivity contribution is 7.20. The molecular formula is C16H16FNO4S. The molecule has 0 bridgehead atoms. The number of hydrogen-bond acceptors (Lipinski definition) is 5. The minimum Gasteiger partial charge on any atom is -0.451 e. The van der Waals surface area contributed by atoms with Gasteiger partial charge in [0, 0.05) is 23.2 Å². The maximum Gasteiger partial charge on any atom is 0.348 e. The molecule has 1 aliphatic rings. The van der Waals surface area contributed by atoms with Gasteiger partial charge < -0.3 is 14.4 Å². The van der Waals surface area contributed by atoms with E-state index < -0.39 is 5.97 Å². The number of nitrogens with zero attached hydrogens (tertiary/aromatic N) is 1. The number of morpholine rings is 1. The number of thiophene rings is 1. The van der Waals surface area contributed by atoms with Crippen molar-refractivity contribution in [2.45, 2.75) is 13.0 Å². The summed E-state index contributed by atoms with van der Waals surface area (Å²) in [6.07, 6.45) is -0.0195. The molecule has 3 rings (SSSR count). The van der Waals surface area contributed by atoms with E-state index in [1.807, 2.05) is 6.92 Å². The number of carbonyl (C=O) groups excluding carboxylic acids is 2. The largest absolute Gasteiger partial charge is 0.451 e. The fourth-order valence-electron chi connectivity index (χ4n) is 2.46. The normalized spacial score (nSPS) is 18.2. The van der Waals surface area contributed by atoms with E-state index in [-0.39, 0.29) is 29.3 Å². The van der Waals surface area contributed by atoms with Crippen LogP contribution in [-0.2, 0) is 14.3 Å². The summed E-state index contributed by atoms with van der Waals surface area (Å²) in [6.45, 7) is 3.04. The molecule has 122 valence electrons. The Hall–Kier alpha value is -1.99. The van der Waals surface area contributed by atoms with Gasteiger partial charge in [0.2, 0.25) is 0 Å². The monoisotopic (exact) mass is 337 g/mol. The van der Waals surface area contributed by atoms with Crippen LogP contribution in [0.1, 0.15) is 16.6 Å². The standard InChI is InChI=1S/C16H16FNO4S/c1-10-8-18(5-6-21-10)15(19)9-22-16(20)14-7-11-12(17)3-2-4-13(11)23-14/h2-4,7,10H,5-6,8-9H2,1H3. The maximum atomic E-state index is 13.6. The lowest BCUT2D eigenvalue weighted by atomic mass is 10.2. The number of rotatable bonds is 3. The van der Waals surface area contributed by atoms with Gasteiger partial charge in [0.15, 0.2) is 6.61 Å². The minimum absolute atomic E-state index is 0.0195. The lowest BCUT2D eigenvalue weighted by Crippen LogP contribution is -2.46. The van der Waals surface area contributed by atoms with Crippen LogP contribution in [0.2, 0.25) is 0 Å². The fraction of sp³-hybridized carbons (Fsp3) is 0.375. The van der Waals surface area contributed by atoms with Crippen molar-refractivity contribution in [2.75, 3.05) is 26.3 Å². The third-order valence-electron chi connectivity index (χ3n) is 3.63. The summed E-state index contributed by atoms with van der Waals surface area (Å²) in [5.74, 6) is -1.24. The van der Waals surface area contributed by atoms with Crippen LogP contribution in [0.3, 0.4) is 0 Å². The first-order chi connectivity index (χ1) is 11.0. The van der Waals surface area contributed by atoms with Crippen LogP contribution in [0, 0.1) is 5.82 Å². The Balaban J connectivity index is 1.62. The number of esters is 1. The molecular weight excluding hydrogens is 321 g/mol. The molecule has 2 aromatic rings. The number of amides is 1. The van der Waals surface area contributed by atoms with Gasteiger partial charge in [-0.1, -0.05) is 6.07 Å². The molecule has 23 heavy (non-hydrogen) atoms. The van der Waals surface area contributed by atoms with Crippen LogP contribution in [-0.4, -0.2) is 49.2 Å². The van der Waals surface area contributed by atoms with Crippen molar-refractivity contribution in [3.05, 3.63) is 35.0 Å². The molecule has 1 aromatic carbocycles. The number of ether oxygens (including phenoxy) is 2. The minimum atomic E-state index is -0.611. The predicted octanol–water partition coefficient (Wildman–Crippen LogP) is 2.44. The number of hydrogen-bond donors (Lipinski definition) is 0. The molecule has 0 N–H and O–H groups in total. The molecule has 5 nitrogen and oxygen atoms in total. The second-order valence-corrected chi connectivity index (χ2v) is 6.44. The summed E-state index contributed by atoms with van der Waals surface area (Å²) < 4.78 is 24.7. The molecule has 2 heterocycles. The molecule has 1 aliphatic heterocycles. The summed E-state index contributed by atoms with van der Waals surface area (Å²) in [5.41, 5.74) is 0. The topological polar surface area (TPSA) is 55.8 Å². The first-order valence-electron chi connectivity index (χ1n) is 7.29. The molecule has 0 spiro atoms. The first-order valence-corrected chi connectivity index (χ1v) is 8.11. The predicted molar refractivity (Wildman–Crippen MR) is 84.1 cm³/mol. The van der Waals surface area contributed by atoms with Crippen molar-refractivity contribution in [3.8, 4) is 0 Å². The lowest BCUT2D eigenvalue weighted by molar-refractivity contribution is -0.141. The third-order valence-corrected chi connectivity index (χ3v) is 4.71. The zero-order valence-electron chi connectivity index (χ0n) is 12.6. The summed E-state index contributed by atoms with van der Waals surface area (Å²) in [7, 11) is 0. The Morgan fingerprint density at radius 3 is 3.04 bits per heavy atom. The third kappa shape index (κ3) is 3.51. The Morgan fingerprint density at radius 2 is 2.30 bits per heavy atom. The molecule has 0 saturated carbocycles. The zero-order chi connectivity index (χ0) is 16.4. The molecule has 1 unspecified atom stereocenters. The number of halogens is 1. The summed E-state index contributed by atoms with van der Waals surface area (Å²) in [6, 6.07) is 6.12. The maximum absolute atomic E-state index is 13.6. The summed E-state index contributed by atoms with van der Waals surface area (Å²) in [5, 5.41) is 0.387. The van der Waals surface area contributed by atoms with Gasteiger partial charge in [0.05, 0.1) is 12.7 Å². The van der Waals surface area contributed by atoms with E-state index in [0.717, 1.165) is 11.3 Å². The average molecular weight is 337 g/mol. The SMILES string of the molecule is CC1CN(C(=O)COC(=O)c2cc3c(F)cccc3s2)CCO1. The van der Waals surface area contributed by atoms with Gasteiger partial charge in [0.25, 0.3) is 5.91 Å². The molecule has 1 aromatic heterocycles. The number of benzene rings is 1. The second-order valence-electron chi connectivity index (χ2n) is 5.36. The Morgan fingerprint density at radius 1 is 1.48 bits per heavy atom. The van der Waals surface area contributed by atoms with E-state index >= 15 is 0 Å². The van der Waals surface area contributed by atoms with Gasteiger partial charge >= 0.3 is 5.97 Å². The quantitative estimate of drug-likeness (QED) is 0.807. The highest BCUT2D eigenvalue weighted by Crippen LogP contribution is 2.28. The van der Waals surface area contributed by atoms with Crippen LogP contribution < -0.4 is 0 Å². The van der Waals surface area contributed by atoms with Crippen molar-refractivity contribution in [3.63, 3.8) is 0 Å². The highest BCUT2D eigenvalue weighted by atomic mass is 32.1. The number of carbonyl (C=O) groups is 2. The summed E-state index contributed by atoms with van der Waals surface area (Å²) >= 11 is 1.15. The first kappa shape index (κ1) is 15.9. The van der Waals surface area contributed by atoms with Crippen molar-refractivity contribution in [1.82, 2.24) is 4.90 Å². The molecule has 7 heteroatoms. The van der Waals surface area contributed by atoms with Gasteiger partial charge in [0.1, 0.15) is 10.7 Å². The van der Waals surface area contributed by atoms with E-state index in [1.54, 1.807) is 17.0 Å². The van der Waals surface area contributed by atoms with Crippen molar-refractivity contribution in [1.29, 1.82) is 0 Å². The Kier molecular flexibility index (Phi) is 4.58. The fourth-order valence-corrected chi connectivity index (χ4v) is 3.43. The van der Waals surface area contributed by atoms with Crippen LogP contribution in [0.15, 0.2) is 24.3 Å². The second kappa shape index (κ2) is 6.64. The van der Waals surface area contributed by atoms with Gasteiger partial charge in [-0.05, 0) is 25.1 Å². The van der Waals surface area contributed by atoms with Crippen molar-refractivity contribution < 1.29 is 23.5 Å². The van der Waals surface area contributed by atoms with Gasteiger partial charge in [-0.15, -0.1) is 11.3 Å². The van der Waals surface area contributed by atoms with Crippen LogP contribution in [0.25, 0.3) is 10.1 Å². The Bertz CT molecular complexity index is 745. The smallest absolute Gasteiger partial charge is 0.348 e. The molecule has 1 amide bonds. The van der Waals surface area contributed by atoms with Gasteiger partial charge in [-0.3, -0.25) is 4.79 Å². The van der Waals surface area contributed by atoms with Gasteiger partial charge in [-0.2, -0.15) is 0 Å². The molecule has 1 saturated heterocycles. The lowest BCUT2D eigenvalue weighted by Gasteiger charge is -2.30. The number of fused-ring (bicyclic) bond motifs is 1. The molecule has 1 atom stereocenters. The van der Waals surface area contributed by atoms with Crippen LogP contribution in [0.4, 0.5) is 4.39 Å². The Labute approximate surface area is 136 Å². The van der Waals surface area contributed by atoms with E-state index in [9.17, 15) is 14.0 Å². The molecule has 0 radical (unpaired) electrons.